The SMILES string of the molecule is CCC(CC)c1cc(N[C@H]2CC[C@H](NCC(=O)NCCOCCNc3cccc4c3C(=O)N(C3CCC(=O)NC3=O)C4=O)C2)n2nccc2n1. The first-order chi connectivity index (χ1) is 24.3. The van der Waals surface area contributed by atoms with Gasteiger partial charge in [-0.15, -0.1) is 0 Å². The van der Waals surface area contributed by atoms with E-state index in [1.807, 2.05) is 10.6 Å². The maximum absolute atomic E-state index is 13.2. The zero-order valence-electron chi connectivity index (χ0n) is 28.5. The average molecular weight is 688 g/mol. The minimum absolute atomic E-state index is 0.0608. The fraction of sp³-hybridized carbons (Fsp3) is 0.514. The maximum Gasteiger partial charge on any atom is 0.264 e. The topological polar surface area (TPSA) is 188 Å². The molecule has 2 fully saturated rings. The predicted molar refractivity (Wildman–Crippen MR) is 185 cm³/mol. The number of ether oxygens (including phenoxy) is 1. The first-order valence-corrected chi connectivity index (χ1v) is 17.5. The van der Waals surface area contributed by atoms with E-state index in [0.29, 0.717) is 37.9 Å². The highest BCUT2D eigenvalue weighted by atomic mass is 16.5. The van der Waals surface area contributed by atoms with Crippen molar-refractivity contribution in [3.05, 3.63) is 53.3 Å². The molecule has 15 nitrogen and oxygen atoms in total. The summed E-state index contributed by atoms with van der Waals surface area (Å²) < 4.78 is 7.51. The van der Waals surface area contributed by atoms with Crippen molar-refractivity contribution in [3.8, 4) is 0 Å². The molecule has 50 heavy (non-hydrogen) atoms. The number of fused-ring (bicyclic) bond motifs is 2. The number of rotatable bonds is 16. The van der Waals surface area contributed by atoms with Gasteiger partial charge in [0.05, 0.1) is 37.1 Å². The van der Waals surface area contributed by atoms with Crippen molar-refractivity contribution >= 4 is 46.7 Å². The Balaban J connectivity index is 0.879. The third-order valence-corrected chi connectivity index (χ3v) is 9.72. The van der Waals surface area contributed by atoms with Gasteiger partial charge in [-0.05, 0) is 50.7 Å². The zero-order valence-corrected chi connectivity index (χ0v) is 28.5. The van der Waals surface area contributed by atoms with Gasteiger partial charge in [0.15, 0.2) is 5.65 Å². The minimum atomic E-state index is -1.02. The summed E-state index contributed by atoms with van der Waals surface area (Å²) in [5.74, 6) is -0.934. The molecule has 2 aliphatic heterocycles. The molecular weight excluding hydrogens is 642 g/mol. The number of imide groups is 2. The molecule has 1 unspecified atom stereocenters. The molecule has 2 aromatic heterocycles. The predicted octanol–water partition coefficient (Wildman–Crippen LogP) is 2.20. The molecule has 0 bridgehead atoms. The van der Waals surface area contributed by atoms with E-state index in [4.69, 9.17) is 9.72 Å². The third kappa shape index (κ3) is 7.63. The largest absolute Gasteiger partial charge is 0.382 e. The number of nitrogens with one attached hydrogen (secondary N) is 5. The zero-order chi connectivity index (χ0) is 35.2. The fourth-order valence-electron chi connectivity index (χ4n) is 7.04. The van der Waals surface area contributed by atoms with Crippen molar-refractivity contribution in [2.75, 3.05) is 43.5 Å². The molecule has 3 aliphatic rings. The second-order valence-corrected chi connectivity index (χ2v) is 13.0. The van der Waals surface area contributed by atoms with Crippen LogP contribution in [-0.2, 0) is 19.1 Å². The van der Waals surface area contributed by atoms with Crippen molar-refractivity contribution in [3.63, 3.8) is 0 Å². The van der Waals surface area contributed by atoms with E-state index < -0.39 is 29.7 Å². The summed E-state index contributed by atoms with van der Waals surface area (Å²) in [5.41, 5.74) is 2.80. The number of aromatic nitrogens is 3. The van der Waals surface area contributed by atoms with Gasteiger partial charge in [-0.2, -0.15) is 9.61 Å². The Bertz CT molecular complexity index is 1760. The van der Waals surface area contributed by atoms with Crippen molar-refractivity contribution in [2.24, 2.45) is 0 Å². The molecule has 1 saturated heterocycles. The molecule has 4 heterocycles. The molecule has 3 aromatic rings. The van der Waals surface area contributed by atoms with Crippen LogP contribution in [0.2, 0.25) is 0 Å². The van der Waals surface area contributed by atoms with E-state index in [-0.39, 0.29) is 48.5 Å². The van der Waals surface area contributed by atoms with Gasteiger partial charge in [0.2, 0.25) is 17.7 Å². The Morgan fingerprint density at radius 3 is 2.62 bits per heavy atom. The van der Waals surface area contributed by atoms with Crippen molar-refractivity contribution in [2.45, 2.75) is 82.8 Å². The number of hydrogen-bond donors (Lipinski definition) is 5. The number of benzene rings is 1. The minimum Gasteiger partial charge on any atom is -0.382 e. The summed E-state index contributed by atoms with van der Waals surface area (Å²) in [4.78, 5) is 68.4. The average Bonchev–Trinajstić information content (AvgIpc) is 3.83. The summed E-state index contributed by atoms with van der Waals surface area (Å²) >= 11 is 0. The monoisotopic (exact) mass is 687 g/mol. The van der Waals surface area contributed by atoms with Gasteiger partial charge in [0.1, 0.15) is 11.9 Å². The van der Waals surface area contributed by atoms with Gasteiger partial charge in [-0.25, -0.2) is 4.98 Å². The molecule has 3 atom stereocenters. The number of hydrogen-bond acceptors (Lipinski definition) is 11. The van der Waals surface area contributed by atoms with E-state index >= 15 is 0 Å². The molecular formula is C35H45N9O6. The number of piperidine rings is 1. The van der Waals surface area contributed by atoms with Crippen LogP contribution in [0.5, 0.6) is 0 Å². The normalized spacial score (nSPS) is 20.5. The molecule has 15 heteroatoms. The standard InChI is InChI=1S/C35H45N9O6/c1-3-21(4-2)26-19-29(44-28(41-26)12-13-39-44)40-23-9-8-22(18-23)38-20-31(46)37-15-17-50-16-14-36-25-7-5-6-24-32(25)35(49)43(34(24)48)27-10-11-30(45)42-33(27)47/h5-7,12-13,19,21-23,27,36,38,40H,3-4,8-11,14-18,20H2,1-2H3,(H,37,46)(H,42,45,47)/t22-,23-,27?/m0/s1. The molecule has 0 radical (unpaired) electrons. The third-order valence-electron chi connectivity index (χ3n) is 9.72. The van der Waals surface area contributed by atoms with E-state index in [0.717, 1.165) is 54.2 Å². The second kappa shape index (κ2) is 15.8. The summed E-state index contributed by atoms with van der Waals surface area (Å²) in [6.45, 7) is 5.91. The van der Waals surface area contributed by atoms with E-state index in [1.165, 1.54) is 0 Å². The molecule has 1 aromatic carbocycles. The van der Waals surface area contributed by atoms with Gasteiger partial charge in [-0.1, -0.05) is 19.9 Å². The van der Waals surface area contributed by atoms with Gasteiger partial charge in [0, 0.05) is 61.0 Å². The molecule has 1 saturated carbocycles. The van der Waals surface area contributed by atoms with Crippen molar-refractivity contribution in [1.82, 2.24) is 35.4 Å². The Kier molecular flexibility index (Phi) is 11.0. The summed E-state index contributed by atoms with van der Waals surface area (Å²) in [6.07, 6.45) is 6.85. The Morgan fingerprint density at radius 2 is 1.82 bits per heavy atom. The van der Waals surface area contributed by atoms with Crippen LogP contribution in [0.1, 0.15) is 91.1 Å². The molecule has 6 rings (SSSR count). The highest BCUT2D eigenvalue weighted by molar-refractivity contribution is 6.25. The molecule has 5 amide bonds. The van der Waals surface area contributed by atoms with Gasteiger partial charge in [-0.3, -0.25) is 34.2 Å². The number of carbonyl (C=O) groups is 5. The summed E-state index contributed by atoms with van der Waals surface area (Å²) in [6, 6.07) is 8.43. The van der Waals surface area contributed by atoms with Crippen LogP contribution in [0, 0.1) is 0 Å². The van der Waals surface area contributed by atoms with Gasteiger partial charge < -0.3 is 26.0 Å². The molecule has 1 aliphatic carbocycles. The smallest absolute Gasteiger partial charge is 0.264 e. The first-order valence-electron chi connectivity index (χ1n) is 17.5. The van der Waals surface area contributed by atoms with E-state index in [2.05, 4.69) is 51.6 Å². The van der Waals surface area contributed by atoms with E-state index in [9.17, 15) is 24.0 Å². The van der Waals surface area contributed by atoms with Crippen LogP contribution in [0.25, 0.3) is 5.65 Å². The Labute approximate surface area is 290 Å². The lowest BCUT2D eigenvalue weighted by atomic mass is 9.99. The molecule has 0 spiro atoms. The van der Waals surface area contributed by atoms with Crippen molar-refractivity contribution in [1.29, 1.82) is 0 Å². The quantitative estimate of drug-likeness (QED) is 0.110. The lowest BCUT2D eigenvalue weighted by molar-refractivity contribution is -0.136. The van der Waals surface area contributed by atoms with Crippen LogP contribution in [0.3, 0.4) is 0 Å². The lowest BCUT2D eigenvalue weighted by Gasteiger charge is -2.27. The Morgan fingerprint density at radius 1 is 1.02 bits per heavy atom. The Hall–Kier alpha value is -4.89. The second-order valence-electron chi connectivity index (χ2n) is 13.0. The van der Waals surface area contributed by atoms with Crippen LogP contribution >= 0.6 is 0 Å². The number of amides is 5. The number of carbonyl (C=O) groups excluding carboxylic acids is 5. The summed E-state index contributed by atoms with van der Waals surface area (Å²) in [7, 11) is 0. The van der Waals surface area contributed by atoms with E-state index in [1.54, 1.807) is 24.4 Å². The van der Waals surface area contributed by atoms with Crippen molar-refractivity contribution < 1.29 is 28.7 Å². The molecule has 5 N–H and O–H groups in total. The number of anilines is 2. The first kappa shape index (κ1) is 35.0. The van der Waals surface area contributed by atoms with Gasteiger partial charge >= 0.3 is 0 Å². The lowest BCUT2D eigenvalue weighted by Crippen LogP contribution is -2.54. The maximum atomic E-state index is 13.2. The van der Waals surface area contributed by atoms with Crippen LogP contribution in [-0.4, -0.2) is 100 Å². The highest BCUT2D eigenvalue weighted by Crippen LogP contribution is 2.32. The fourth-order valence-corrected chi connectivity index (χ4v) is 7.04. The van der Waals surface area contributed by atoms with Crippen LogP contribution in [0.15, 0.2) is 36.5 Å². The highest BCUT2D eigenvalue weighted by Gasteiger charge is 2.45. The summed E-state index contributed by atoms with van der Waals surface area (Å²) in [5, 5.41) is 19.7. The number of nitrogens with zero attached hydrogens (tertiary/aromatic N) is 4. The van der Waals surface area contributed by atoms with Crippen LogP contribution < -0.4 is 26.6 Å². The molecule has 266 valence electrons. The van der Waals surface area contributed by atoms with Gasteiger partial charge in [0.25, 0.3) is 11.8 Å². The van der Waals surface area contributed by atoms with Crippen LogP contribution in [0.4, 0.5) is 11.5 Å².